The summed E-state index contributed by atoms with van der Waals surface area (Å²) in [6, 6.07) is 0. The van der Waals surface area contributed by atoms with Gasteiger partial charge in [-0.25, -0.2) is 4.98 Å². The summed E-state index contributed by atoms with van der Waals surface area (Å²) in [6.07, 6.45) is 1.57. The van der Waals surface area contributed by atoms with Crippen molar-refractivity contribution in [2.24, 2.45) is 0 Å². The second-order valence-corrected chi connectivity index (χ2v) is 5.03. The molecule has 68 valence electrons. The van der Waals surface area contributed by atoms with Gasteiger partial charge in [-0.05, 0) is 6.92 Å². The van der Waals surface area contributed by atoms with Gasteiger partial charge in [-0.2, -0.15) is 0 Å². The SMILES string of the molecule is CC(O)C(C)SCc1nccs1. The largest absolute Gasteiger partial charge is 0.392 e. The third-order valence-corrected chi connectivity index (χ3v) is 3.95. The van der Waals surface area contributed by atoms with Crippen LogP contribution in [-0.2, 0) is 5.75 Å². The van der Waals surface area contributed by atoms with Crippen LogP contribution in [-0.4, -0.2) is 21.4 Å². The summed E-state index contributed by atoms with van der Waals surface area (Å²) in [4.78, 5) is 4.16. The minimum absolute atomic E-state index is 0.241. The Labute approximate surface area is 81.0 Å². The van der Waals surface area contributed by atoms with Crippen molar-refractivity contribution in [2.75, 3.05) is 0 Å². The van der Waals surface area contributed by atoms with Crippen LogP contribution in [0.25, 0.3) is 0 Å². The van der Waals surface area contributed by atoms with E-state index in [0.29, 0.717) is 0 Å². The quantitative estimate of drug-likeness (QED) is 0.814. The number of rotatable bonds is 4. The van der Waals surface area contributed by atoms with Gasteiger partial charge in [-0.1, -0.05) is 6.92 Å². The molecule has 0 aliphatic carbocycles. The molecule has 2 unspecified atom stereocenters. The standard InChI is InChI=1S/C8H13NOS2/c1-6(10)7(2)12-5-8-9-3-4-11-8/h3-4,6-7,10H,5H2,1-2H3. The van der Waals surface area contributed by atoms with Gasteiger partial charge in [0.1, 0.15) is 5.01 Å². The molecule has 0 aliphatic rings. The lowest BCUT2D eigenvalue weighted by Crippen LogP contribution is -2.15. The summed E-state index contributed by atoms with van der Waals surface area (Å²) >= 11 is 3.40. The van der Waals surface area contributed by atoms with Crippen LogP contribution in [0.4, 0.5) is 0 Å². The average molecular weight is 203 g/mol. The molecular weight excluding hydrogens is 190 g/mol. The molecule has 0 spiro atoms. The molecule has 4 heteroatoms. The van der Waals surface area contributed by atoms with Crippen LogP contribution in [0.15, 0.2) is 11.6 Å². The van der Waals surface area contributed by atoms with E-state index < -0.39 is 0 Å². The minimum atomic E-state index is -0.241. The van der Waals surface area contributed by atoms with Crippen molar-refractivity contribution in [2.45, 2.75) is 31.0 Å². The summed E-state index contributed by atoms with van der Waals surface area (Å²) in [5.74, 6) is 0.906. The summed E-state index contributed by atoms with van der Waals surface area (Å²) in [5.41, 5.74) is 0. The lowest BCUT2D eigenvalue weighted by molar-refractivity contribution is 0.196. The Balaban J connectivity index is 2.27. The Morgan fingerprint density at radius 2 is 2.42 bits per heavy atom. The van der Waals surface area contributed by atoms with Crippen LogP contribution in [0.1, 0.15) is 18.9 Å². The molecule has 0 amide bonds. The lowest BCUT2D eigenvalue weighted by atomic mass is 10.3. The van der Waals surface area contributed by atoms with E-state index in [1.807, 2.05) is 25.4 Å². The minimum Gasteiger partial charge on any atom is -0.392 e. The van der Waals surface area contributed by atoms with Gasteiger partial charge >= 0.3 is 0 Å². The molecule has 1 aromatic heterocycles. The van der Waals surface area contributed by atoms with Gasteiger partial charge < -0.3 is 5.11 Å². The maximum absolute atomic E-state index is 9.21. The normalized spacial score (nSPS) is 15.9. The number of nitrogens with zero attached hydrogens (tertiary/aromatic N) is 1. The van der Waals surface area contributed by atoms with E-state index >= 15 is 0 Å². The predicted octanol–water partition coefficient (Wildman–Crippen LogP) is 2.15. The first kappa shape index (κ1) is 10.0. The fourth-order valence-electron chi connectivity index (χ4n) is 0.666. The number of hydrogen-bond donors (Lipinski definition) is 1. The van der Waals surface area contributed by atoms with E-state index in [1.165, 1.54) is 0 Å². The van der Waals surface area contributed by atoms with Crippen molar-refractivity contribution >= 4 is 23.1 Å². The summed E-state index contributed by atoms with van der Waals surface area (Å²) in [5, 5.41) is 12.6. The molecule has 0 saturated heterocycles. The number of aliphatic hydroxyl groups is 1. The summed E-state index contributed by atoms with van der Waals surface area (Å²) in [7, 11) is 0. The van der Waals surface area contributed by atoms with E-state index in [2.05, 4.69) is 4.98 Å². The van der Waals surface area contributed by atoms with Crippen molar-refractivity contribution in [3.63, 3.8) is 0 Å². The van der Waals surface area contributed by atoms with Crippen LogP contribution in [0, 0.1) is 0 Å². The molecular formula is C8H13NOS2. The first-order chi connectivity index (χ1) is 5.70. The fourth-order valence-corrected chi connectivity index (χ4v) is 2.30. The fraction of sp³-hybridized carbons (Fsp3) is 0.625. The monoisotopic (exact) mass is 203 g/mol. The highest BCUT2D eigenvalue weighted by molar-refractivity contribution is 7.99. The van der Waals surface area contributed by atoms with Crippen molar-refractivity contribution in [3.05, 3.63) is 16.6 Å². The van der Waals surface area contributed by atoms with Crippen molar-refractivity contribution in [1.82, 2.24) is 4.98 Å². The molecule has 2 atom stereocenters. The maximum atomic E-state index is 9.21. The van der Waals surface area contributed by atoms with Crippen LogP contribution >= 0.6 is 23.1 Å². The van der Waals surface area contributed by atoms with Gasteiger partial charge in [-0.15, -0.1) is 23.1 Å². The third-order valence-electron chi connectivity index (χ3n) is 1.63. The maximum Gasteiger partial charge on any atom is 0.102 e. The highest BCUT2D eigenvalue weighted by Gasteiger charge is 2.09. The molecule has 0 radical (unpaired) electrons. The van der Waals surface area contributed by atoms with E-state index in [9.17, 15) is 5.11 Å². The smallest absolute Gasteiger partial charge is 0.102 e. The molecule has 0 aliphatic heterocycles. The molecule has 0 aromatic carbocycles. The van der Waals surface area contributed by atoms with Gasteiger partial charge in [0, 0.05) is 22.6 Å². The Bertz CT molecular complexity index is 211. The molecule has 0 bridgehead atoms. The van der Waals surface area contributed by atoms with Crippen LogP contribution in [0.2, 0.25) is 0 Å². The molecule has 1 rings (SSSR count). The van der Waals surface area contributed by atoms with Crippen LogP contribution in [0.5, 0.6) is 0 Å². The van der Waals surface area contributed by atoms with E-state index in [-0.39, 0.29) is 11.4 Å². The Morgan fingerprint density at radius 1 is 1.67 bits per heavy atom. The summed E-state index contributed by atoms with van der Waals surface area (Å²) < 4.78 is 0. The van der Waals surface area contributed by atoms with Gasteiger partial charge in [0.05, 0.1) is 6.10 Å². The number of thiazole rings is 1. The van der Waals surface area contributed by atoms with Gasteiger partial charge in [-0.3, -0.25) is 0 Å². The van der Waals surface area contributed by atoms with Crippen LogP contribution in [0.3, 0.4) is 0 Å². The third kappa shape index (κ3) is 3.13. The first-order valence-corrected chi connectivity index (χ1v) is 5.81. The Kier molecular flexibility index (Phi) is 4.05. The molecule has 1 aromatic rings. The zero-order valence-electron chi connectivity index (χ0n) is 7.23. The Morgan fingerprint density at radius 3 is 2.92 bits per heavy atom. The number of hydrogen-bond acceptors (Lipinski definition) is 4. The molecule has 2 nitrogen and oxygen atoms in total. The molecule has 12 heavy (non-hydrogen) atoms. The van der Waals surface area contributed by atoms with Gasteiger partial charge in [0.2, 0.25) is 0 Å². The van der Waals surface area contributed by atoms with E-state index in [1.54, 1.807) is 23.1 Å². The second kappa shape index (κ2) is 4.84. The van der Waals surface area contributed by atoms with E-state index in [0.717, 1.165) is 10.8 Å². The zero-order valence-corrected chi connectivity index (χ0v) is 8.86. The highest BCUT2D eigenvalue weighted by atomic mass is 32.2. The van der Waals surface area contributed by atoms with Crippen molar-refractivity contribution in [3.8, 4) is 0 Å². The van der Waals surface area contributed by atoms with Crippen molar-refractivity contribution in [1.29, 1.82) is 0 Å². The first-order valence-electron chi connectivity index (χ1n) is 3.88. The van der Waals surface area contributed by atoms with E-state index in [4.69, 9.17) is 0 Å². The van der Waals surface area contributed by atoms with Crippen LogP contribution < -0.4 is 0 Å². The molecule has 1 N–H and O–H groups in total. The predicted molar refractivity (Wildman–Crippen MR) is 54.6 cm³/mol. The molecule has 0 fully saturated rings. The highest BCUT2D eigenvalue weighted by Crippen LogP contribution is 2.20. The summed E-state index contributed by atoms with van der Waals surface area (Å²) in [6.45, 7) is 3.85. The topological polar surface area (TPSA) is 33.1 Å². The Hall–Kier alpha value is -0.0600. The average Bonchev–Trinajstić information content (AvgIpc) is 2.51. The molecule has 1 heterocycles. The van der Waals surface area contributed by atoms with Gasteiger partial charge in [0.25, 0.3) is 0 Å². The number of thioether (sulfide) groups is 1. The zero-order chi connectivity index (χ0) is 8.97. The molecule has 0 saturated carbocycles. The van der Waals surface area contributed by atoms with Crippen molar-refractivity contribution < 1.29 is 5.11 Å². The van der Waals surface area contributed by atoms with Gasteiger partial charge in [0.15, 0.2) is 0 Å². The number of aromatic nitrogens is 1. The number of aliphatic hydroxyl groups excluding tert-OH is 1. The second-order valence-electron chi connectivity index (χ2n) is 2.68. The lowest BCUT2D eigenvalue weighted by Gasteiger charge is -2.12.